The van der Waals surface area contributed by atoms with Crippen LogP contribution in [-0.4, -0.2) is 96.7 Å². The first-order valence-electron chi connectivity index (χ1n) is 38.8. The highest BCUT2D eigenvalue weighted by Crippen LogP contribution is 2.45. The van der Waals surface area contributed by atoms with Crippen molar-refractivity contribution >= 4 is 39.5 Å². The van der Waals surface area contributed by atoms with E-state index in [4.69, 9.17) is 37.0 Å². The van der Waals surface area contributed by atoms with E-state index in [-0.39, 0.29) is 25.7 Å². The zero-order valence-corrected chi connectivity index (χ0v) is 63.7. The molecule has 0 aliphatic rings. The molecule has 19 heteroatoms. The minimum atomic E-state index is -4.98. The predicted molar refractivity (Wildman–Crippen MR) is 399 cm³/mol. The Hall–Kier alpha value is -3.76. The van der Waals surface area contributed by atoms with Gasteiger partial charge in [-0.2, -0.15) is 0 Å². The number of hydrogen-bond acceptors (Lipinski definition) is 15. The lowest BCUT2D eigenvalue weighted by Gasteiger charge is -2.21. The summed E-state index contributed by atoms with van der Waals surface area (Å²) < 4.78 is 68.5. The molecule has 0 aromatic heterocycles. The molecule has 98 heavy (non-hydrogen) atoms. The van der Waals surface area contributed by atoms with Gasteiger partial charge in [-0.1, -0.05) is 248 Å². The average Bonchev–Trinajstić information content (AvgIpc) is 1.04. The van der Waals surface area contributed by atoms with Crippen LogP contribution in [0.5, 0.6) is 0 Å². The van der Waals surface area contributed by atoms with Crippen LogP contribution < -0.4 is 0 Å². The maximum Gasteiger partial charge on any atom is 0.472 e. The second-order valence-corrected chi connectivity index (χ2v) is 28.8. The van der Waals surface area contributed by atoms with E-state index in [1.807, 2.05) is 0 Å². The summed E-state index contributed by atoms with van der Waals surface area (Å²) in [5.74, 6) is -2.21. The van der Waals surface area contributed by atoms with Gasteiger partial charge in [0.05, 0.1) is 26.4 Å². The molecule has 568 valence electrons. The molecule has 0 saturated heterocycles. The highest BCUT2D eigenvalue weighted by Gasteiger charge is 2.30. The zero-order valence-electron chi connectivity index (χ0n) is 62.0. The summed E-state index contributed by atoms with van der Waals surface area (Å²) in [7, 11) is -9.96. The molecule has 0 aliphatic carbocycles. The fraction of sp³-hybridized carbons (Fsp3) is 0.772. The van der Waals surface area contributed by atoms with Crippen molar-refractivity contribution in [1.82, 2.24) is 0 Å². The normalized spacial score (nSPS) is 14.4. The van der Waals surface area contributed by atoms with Crippen LogP contribution in [-0.2, 0) is 65.4 Å². The van der Waals surface area contributed by atoms with Crippen LogP contribution in [0.2, 0.25) is 0 Å². The number of aliphatic hydroxyl groups excluding tert-OH is 1. The number of carbonyl (C=O) groups is 4. The van der Waals surface area contributed by atoms with Crippen molar-refractivity contribution in [2.45, 2.75) is 354 Å². The van der Waals surface area contributed by atoms with E-state index in [0.717, 1.165) is 173 Å². The molecular weight excluding hydrogens is 1280 g/mol. The lowest BCUT2D eigenvalue weighted by molar-refractivity contribution is -0.161. The SMILES string of the molecule is CCCCC/C=C\C/C=C\CCCCCCCC(=O)OC[C@H](COP(=O)(O)OCC(O)COP(=O)(O)OC[C@@H](COC(=O)CCCCCCC/C=C\C/C=C\CCCCC)OC(=O)CCCCCCC/C=C\CCCCCC)OC(=O)CCCCCCC/C=C\C/C=C\CCCCC. The molecule has 0 aromatic carbocycles. The van der Waals surface area contributed by atoms with Crippen LogP contribution in [0.3, 0.4) is 0 Å². The van der Waals surface area contributed by atoms with Crippen LogP contribution in [0, 0.1) is 0 Å². The third kappa shape index (κ3) is 70.7. The number of hydrogen-bond donors (Lipinski definition) is 3. The van der Waals surface area contributed by atoms with Crippen LogP contribution >= 0.6 is 15.6 Å². The van der Waals surface area contributed by atoms with Crippen LogP contribution in [0.4, 0.5) is 0 Å². The Morgan fingerprint density at radius 3 is 0.786 bits per heavy atom. The van der Waals surface area contributed by atoms with Crippen LogP contribution in [0.25, 0.3) is 0 Å². The standard InChI is InChI=1S/C79H140O17P2/c1-5-9-13-17-21-25-29-33-36-40-43-47-51-55-59-63-76(81)89-69-74(95-78(83)65-61-57-53-49-45-39-32-28-24-20-16-12-8-4)71-93-97(85,86)91-67-73(80)68-92-98(87,88)94-72-75(96-79(84)66-62-58-54-50-46-42-38-35-31-27-23-19-15-11-7-3)70-90-77(82)64-60-56-52-48-44-41-37-34-30-26-22-18-14-10-6-2/h21-23,25-28,32-38,73-75,80H,5-20,24,29-31,39-72H2,1-4H3,(H,85,86)(H,87,88)/b25-21-,26-22-,27-23-,32-28-,36-33-,37-34-,38-35-/t73?,74-,75-/m1/s1. The third-order valence-electron chi connectivity index (χ3n) is 16.3. The smallest absolute Gasteiger partial charge is 0.462 e. The molecule has 0 amide bonds. The number of phosphoric acid groups is 2. The van der Waals surface area contributed by atoms with Gasteiger partial charge in [0.25, 0.3) is 0 Å². The summed E-state index contributed by atoms with van der Waals surface area (Å²) in [5.41, 5.74) is 0. The van der Waals surface area contributed by atoms with Gasteiger partial charge in [-0.25, -0.2) is 9.13 Å². The number of aliphatic hydroxyl groups is 1. The molecule has 0 fully saturated rings. The second kappa shape index (κ2) is 71.6. The minimum Gasteiger partial charge on any atom is -0.462 e. The van der Waals surface area contributed by atoms with Gasteiger partial charge in [-0.05, 0) is 148 Å². The van der Waals surface area contributed by atoms with Gasteiger partial charge >= 0.3 is 39.5 Å². The summed E-state index contributed by atoms with van der Waals surface area (Å²) in [5, 5.41) is 10.6. The van der Waals surface area contributed by atoms with Crippen molar-refractivity contribution in [2.24, 2.45) is 0 Å². The summed E-state index contributed by atoms with van der Waals surface area (Å²) >= 11 is 0. The Balaban J connectivity index is 5.37. The number of phosphoric ester groups is 2. The first kappa shape index (κ1) is 94.2. The fourth-order valence-electron chi connectivity index (χ4n) is 10.3. The van der Waals surface area contributed by atoms with Crippen LogP contribution in [0.15, 0.2) is 85.1 Å². The molecule has 0 aromatic rings. The maximum absolute atomic E-state index is 13.1. The minimum absolute atomic E-state index is 0.0767. The molecule has 0 rings (SSSR count). The first-order valence-corrected chi connectivity index (χ1v) is 41.8. The molecule has 0 aliphatic heterocycles. The van der Waals surface area contributed by atoms with Crippen molar-refractivity contribution in [3.63, 3.8) is 0 Å². The highest BCUT2D eigenvalue weighted by atomic mass is 31.2. The Morgan fingerprint density at radius 1 is 0.286 bits per heavy atom. The molecule has 3 unspecified atom stereocenters. The van der Waals surface area contributed by atoms with Gasteiger partial charge in [0.2, 0.25) is 0 Å². The van der Waals surface area contributed by atoms with Crippen LogP contribution in [0.1, 0.15) is 336 Å². The Labute approximate surface area is 595 Å². The molecule has 17 nitrogen and oxygen atoms in total. The summed E-state index contributed by atoms with van der Waals surface area (Å²) in [6.07, 6.45) is 72.7. The lowest BCUT2D eigenvalue weighted by Crippen LogP contribution is -2.30. The Bertz CT molecular complexity index is 2190. The van der Waals surface area contributed by atoms with Crippen molar-refractivity contribution in [2.75, 3.05) is 39.6 Å². The van der Waals surface area contributed by atoms with Crippen molar-refractivity contribution < 1.29 is 80.2 Å². The first-order chi connectivity index (χ1) is 47.7. The Morgan fingerprint density at radius 2 is 0.500 bits per heavy atom. The van der Waals surface area contributed by atoms with Gasteiger partial charge in [-0.15, -0.1) is 0 Å². The van der Waals surface area contributed by atoms with Gasteiger partial charge in [0, 0.05) is 25.7 Å². The van der Waals surface area contributed by atoms with E-state index in [2.05, 4.69) is 113 Å². The number of unbranched alkanes of at least 4 members (excludes halogenated alkanes) is 33. The van der Waals surface area contributed by atoms with E-state index >= 15 is 0 Å². The lowest BCUT2D eigenvalue weighted by atomic mass is 10.1. The summed E-state index contributed by atoms with van der Waals surface area (Å²) in [6.45, 7) is 4.75. The monoisotopic (exact) mass is 1420 g/mol. The number of carbonyl (C=O) groups excluding carboxylic acids is 4. The number of ether oxygens (including phenoxy) is 4. The van der Waals surface area contributed by atoms with E-state index in [9.17, 15) is 43.2 Å². The average molecular weight is 1420 g/mol. The van der Waals surface area contributed by atoms with Crippen molar-refractivity contribution in [3.8, 4) is 0 Å². The molecule has 0 radical (unpaired) electrons. The van der Waals surface area contributed by atoms with Gasteiger partial charge in [-0.3, -0.25) is 37.3 Å². The molecular formula is C79H140O17P2. The number of allylic oxidation sites excluding steroid dienone is 14. The third-order valence-corrected chi connectivity index (χ3v) is 18.2. The molecule has 0 saturated carbocycles. The number of esters is 4. The summed E-state index contributed by atoms with van der Waals surface area (Å²) in [6, 6.07) is 0. The molecule has 3 N–H and O–H groups in total. The van der Waals surface area contributed by atoms with E-state index in [1.165, 1.54) is 83.5 Å². The van der Waals surface area contributed by atoms with Gasteiger partial charge in [0.1, 0.15) is 19.3 Å². The second-order valence-electron chi connectivity index (χ2n) is 25.9. The van der Waals surface area contributed by atoms with Gasteiger partial charge in [0.15, 0.2) is 12.2 Å². The topological polar surface area (TPSA) is 237 Å². The largest absolute Gasteiger partial charge is 0.472 e. The molecule has 0 heterocycles. The Kier molecular flexibility index (Phi) is 68.9. The van der Waals surface area contributed by atoms with E-state index < -0.39 is 97.5 Å². The highest BCUT2D eigenvalue weighted by molar-refractivity contribution is 7.47. The van der Waals surface area contributed by atoms with Crippen molar-refractivity contribution in [3.05, 3.63) is 85.1 Å². The van der Waals surface area contributed by atoms with Gasteiger partial charge < -0.3 is 33.8 Å². The maximum atomic E-state index is 13.1. The number of rotatable bonds is 73. The summed E-state index contributed by atoms with van der Waals surface area (Å²) in [4.78, 5) is 72.9. The van der Waals surface area contributed by atoms with E-state index in [1.54, 1.807) is 0 Å². The molecule has 0 spiro atoms. The zero-order chi connectivity index (χ0) is 71.8. The fourth-order valence-corrected chi connectivity index (χ4v) is 11.9. The van der Waals surface area contributed by atoms with Crippen molar-refractivity contribution in [1.29, 1.82) is 0 Å². The predicted octanol–water partition coefficient (Wildman–Crippen LogP) is 22.2. The van der Waals surface area contributed by atoms with E-state index in [0.29, 0.717) is 25.7 Å². The molecule has 5 atom stereocenters. The quantitative estimate of drug-likeness (QED) is 0.0169. The molecule has 0 bridgehead atoms.